The maximum atomic E-state index is 14.8. The second-order valence-electron chi connectivity index (χ2n) is 8.48. The van der Waals surface area contributed by atoms with Crippen LogP contribution in [0.4, 0.5) is 8.78 Å². The van der Waals surface area contributed by atoms with Crippen molar-refractivity contribution in [3.63, 3.8) is 0 Å². The molecule has 170 valence electrons. The third-order valence-electron chi connectivity index (χ3n) is 6.27. The minimum absolute atomic E-state index is 0.00901. The van der Waals surface area contributed by atoms with Gasteiger partial charge in [-0.3, -0.25) is 9.48 Å². The first kappa shape index (κ1) is 21.4. The van der Waals surface area contributed by atoms with E-state index in [9.17, 15) is 13.6 Å². The smallest absolute Gasteiger partial charge is 0.262 e. The molecule has 1 fully saturated rings. The van der Waals surface area contributed by atoms with Gasteiger partial charge in [0.25, 0.3) is 5.56 Å². The predicted octanol–water partition coefficient (Wildman–Crippen LogP) is 4.02. The van der Waals surface area contributed by atoms with E-state index in [0.29, 0.717) is 35.6 Å². The molecule has 3 aromatic heterocycles. The van der Waals surface area contributed by atoms with Crippen molar-refractivity contribution in [1.29, 1.82) is 0 Å². The van der Waals surface area contributed by atoms with Gasteiger partial charge in [0.05, 0.1) is 17.9 Å². The molecule has 0 amide bonds. The van der Waals surface area contributed by atoms with Crippen molar-refractivity contribution in [2.45, 2.75) is 38.7 Å². The van der Waals surface area contributed by atoms with Crippen LogP contribution in [0.15, 0.2) is 41.5 Å². The van der Waals surface area contributed by atoms with E-state index in [1.165, 1.54) is 10.5 Å². The minimum Gasteiger partial charge on any atom is -0.373 e. The van der Waals surface area contributed by atoms with Crippen LogP contribution in [0, 0.1) is 25.5 Å². The van der Waals surface area contributed by atoms with Crippen LogP contribution in [0.1, 0.15) is 47.4 Å². The number of hydrogen-bond donors (Lipinski definition) is 0. The molecule has 1 aromatic carbocycles. The summed E-state index contributed by atoms with van der Waals surface area (Å²) in [4.78, 5) is 22.4. The van der Waals surface area contributed by atoms with Gasteiger partial charge in [-0.25, -0.2) is 23.1 Å². The molecule has 0 bridgehead atoms. The van der Waals surface area contributed by atoms with Gasteiger partial charge in [0.2, 0.25) is 0 Å². The third kappa shape index (κ3) is 3.82. The summed E-state index contributed by atoms with van der Waals surface area (Å²) in [7, 11) is 1.85. The highest BCUT2D eigenvalue weighted by molar-refractivity contribution is 5.61. The van der Waals surface area contributed by atoms with Gasteiger partial charge in [0.15, 0.2) is 5.82 Å². The van der Waals surface area contributed by atoms with Gasteiger partial charge < -0.3 is 4.74 Å². The van der Waals surface area contributed by atoms with Gasteiger partial charge in [-0.1, -0.05) is 0 Å². The van der Waals surface area contributed by atoms with Crippen molar-refractivity contribution < 1.29 is 13.5 Å². The summed E-state index contributed by atoms with van der Waals surface area (Å²) in [6, 6.07) is 5.04. The number of aromatic nitrogens is 5. The Kier molecular flexibility index (Phi) is 5.28. The van der Waals surface area contributed by atoms with Crippen LogP contribution in [0.25, 0.3) is 17.0 Å². The molecule has 0 aliphatic carbocycles. The number of hydrogen-bond acceptors (Lipinski definition) is 5. The summed E-state index contributed by atoms with van der Waals surface area (Å²) >= 11 is 0. The van der Waals surface area contributed by atoms with Gasteiger partial charge in [0.1, 0.15) is 17.3 Å². The van der Waals surface area contributed by atoms with Crippen LogP contribution in [-0.4, -0.2) is 30.8 Å². The second kappa shape index (κ2) is 8.15. The molecule has 1 aliphatic heterocycles. The first-order valence-corrected chi connectivity index (χ1v) is 10.8. The number of benzene rings is 1. The molecule has 33 heavy (non-hydrogen) atoms. The van der Waals surface area contributed by atoms with Crippen LogP contribution in [0.3, 0.4) is 0 Å². The van der Waals surface area contributed by atoms with E-state index >= 15 is 0 Å². The van der Waals surface area contributed by atoms with Crippen LogP contribution in [0.5, 0.6) is 0 Å². The minimum atomic E-state index is -0.786. The molecule has 0 unspecified atom stereocenters. The normalized spacial score (nSPS) is 18.7. The molecule has 7 nitrogen and oxygen atoms in total. The molecule has 1 saturated heterocycles. The quantitative estimate of drug-likeness (QED) is 0.470. The average Bonchev–Trinajstić information content (AvgIpc) is 3.23. The average molecular weight is 451 g/mol. The zero-order valence-electron chi connectivity index (χ0n) is 18.5. The first-order valence-electron chi connectivity index (χ1n) is 10.8. The van der Waals surface area contributed by atoms with Crippen molar-refractivity contribution in [2.75, 3.05) is 6.61 Å². The van der Waals surface area contributed by atoms with E-state index in [0.717, 1.165) is 24.1 Å². The molecule has 4 heterocycles. The summed E-state index contributed by atoms with van der Waals surface area (Å²) in [5.41, 5.74) is 2.84. The molecule has 9 heteroatoms. The molecule has 0 saturated carbocycles. The monoisotopic (exact) mass is 451 g/mol. The fourth-order valence-electron chi connectivity index (χ4n) is 4.34. The largest absolute Gasteiger partial charge is 0.373 e. The molecule has 0 radical (unpaired) electrons. The molecular weight excluding hydrogens is 428 g/mol. The van der Waals surface area contributed by atoms with Gasteiger partial charge in [-0.2, -0.15) is 5.10 Å². The Balaban J connectivity index is 1.67. The number of aryl methyl sites for hydroxylation is 2. The summed E-state index contributed by atoms with van der Waals surface area (Å²) in [6.07, 6.45) is 4.95. The van der Waals surface area contributed by atoms with Gasteiger partial charge in [-0.15, -0.1) is 0 Å². The second-order valence-corrected chi connectivity index (χ2v) is 8.48. The highest BCUT2D eigenvalue weighted by Crippen LogP contribution is 2.37. The standard InChI is InChI=1S/C24H23F2N5O2/c1-13-14(2)28-22-10-20(15-6-7-33-21(8-15)16-11-27-30(3)12-16)29-23(31(22)24(13)32)18-5-4-17(25)9-19(18)26/h4-5,9-12,15,21H,6-8H2,1-3H3/t15-,21+/m0/s1. The molecule has 1 aliphatic rings. The zero-order valence-corrected chi connectivity index (χ0v) is 18.5. The fourth-order valence-corrected chi connectivity index (χ4v) is 4.34. The molecule has 2 atom stereocenters. The van der Waals surface area contributed by atoms with E-state index < -0.39 is 11.6 Å². The maximum Gasteiger partial charge on any atom is 0.262 e. The Morgan fingerprint density at radius 2 is 1.97 bits per heavy atom. The van der Waals surface area contributed by atoms with E-state index in [-0.39, 0.29) is 29.0 Å². The summed E-state index contributed by atoms with van der Waals surface area (Å²) in [5, 5.41) is 4.23. The van der Waals surface area contributed by atoms with Crippen LogP contribution in [-0.2, 0) is 11.8 Å². The van der Waals surface area contributed by atoms with Crippen molar-refractivity contribution in [2.24, 2.45) is 7.05 Å². The molecule has 5 rings (SSSR count). The van der Waals surface area contributed by atoms with E-state index in [1.54, 1.807) is 30.8 Å². The molecule has 0 N–H and O–H groups in total. The van der Waals surface area contributed by atoms with E-state index in [1.807, 2.05) is 13.2 Å². The highest BCUT2D eigenvalue weighted by atomic mass is 19.1. The SMILES string of the molecule is Cc1nc2cc([C@H]3CCO[C@@H](c4cnn(C)c4)C3)nc(-c3ccc(F)cc3F)n2c(=O)c1C. The Labute approximate surface area is 188 Å². The highest BCUT2D eigenvalue weighted by Gasteiger charge is 2.28. The Hall–Kier alpha value is -3.46. The zero-order chi connectivity index (χ0) is 23.3. The van der Waals surface area contributed by atoms with Crippen molar-refractivity contribution in [3.8, 4) is 11.4 Å². The Bertz CT molecular complexity index is 1430. The lowest BCUT2D eigenvalue weighted by Crippen LogP contribution is -2.24. The summed E-state index contributed by atoms with van der Waals surface area (Å²) < 4.78 is 37.4. The number of fused-ring (bicyclic) bond motifs is 1. The van der Waals surface area contributed by atoms with Crippen LogP contribution in [0.2, 0.25) is 0 Å². The lowest BCUT2D eigenvalue weighted by molar-refractivity contribution is 0.00461. The Morgan fingerprint density at radius 3 is 2.70 bits per heavy atom. The fraction of sp³-hybridized carbons (Fsp3) is 0.333. The van der Waals surface area contributed by atoms with Crippen LogP contribution >= 0.6 is 0 Å². The molecular formula is C24H23F2N5O2. The summed E-state index contributed by atoms with van der Waals surface area (Å²) in [6.45, 7) is 3.97. The van der Waals surface area contributed by atoms with Crippen LogP contribution < -0.4 is 5.56 Å². The number of nitrogens with zero attached hydrogens (tertiary/aromatic N) is 5. The lowest BCUT2D eigenvalue weighted by atomic mass is 9.90. The van der Waals surface area contributed by atoms with Crippen molar-refractivity contribution in [1.82, 2.24) is 24.1 Å². The van der Waals surface area contributed by atoms with Gasteiger partial charge in [-0.05, 0) is 38.8 Å². The van der Waals surface area contributed by atoms with Gasteiger partial charge in [0, 0.05) is 60.4 Å². The van der Waals surface area contributed by atoms with Crippen molar-refractivity contribution >= 4 is 5.65 Å². The lowest BCUT2D eigenvalue weighted by Gasteiger charge is -2.29. The number of halogens is 2. The summed E-state index contributed by atoms with van der Waals surface area (Å²) in [5.74, 6) is -1.36. The van der Waals surface area contributed by atoms with E-state index in [2.05, 4.69) is 10.1 Å². The maximum absolute atomic E-state index is 14.8. The number of ether oxygens (including phenoxy) is 1. The molecule has 4 aromatic rings. The number of rotatable bonds is 3. The van der Waals surface area contributed by atoms with Gasteiger partial charge >= 0.3 is 0 Å². The molecule has 0 spiro atoms. The van der Waals surface area contributed by atoms with E-state index in [4.69, 9.17) is 9.72 Å². The van der Waals surface area contributed by atoms with Crippen molar-refractivity contribution in [3.05, 3.63) is 81.2 Å². The Morgan fingerprint density at radius 1 is 1.15 bits per heavy atom. The third-order valence-corrected chi connectivity index (χ3v) is 6.27. The first-order chi connectivity index (χ1) is 15.8. The topological polar surface area (TPSA) is 74.3 Å². The predicted molar refractivity (Wildman–Crippen MR) is 118 cm³/mol.